The van der Waals surface area contributed by atoms with Crippen LogP contribution in [0.2, 0.25) is 0 Å². The van der Waals surface area contributed by atoms with Gasteiger partial charge in [0.15, 0.2) is 0 Å². The Bertz CT molecular complexity index is 641. The van der Waals surface area contributed by atoms with Crippen molar-refractivity contribution in [3.05, 3.63) is 42.1 Å². The molecule has 0 radical (unpaired) electrons. The molecular weight excluding hydrogens is 253 g/mol. The van der Waals surface area contributed by atoms with Gasteiger partial charge in [-0.15, -0.1) is 0 Å². The van der Waals surface area contributed by atoms with E-state index in [1.165, 1.54) is 18.3 Å². The molecule has 1 saturated heterocycles. The molecule has 1 fully saturated rings. The minimum atomic E-state index is -0.187. The number of hydrogen-bond acceptors (Lipinski definition) is 2. The van der Waals surface area contributed by atoms with Gasteiger partial charge in [0, 0.05) is 17.5 Å². The number of nitrogens with zero attached hydrogens (tertiary/aromatic N) is 2. The summed E-state index contributed by atoms with van der Waals surface area (Å²) in [6.07, 6.45) is 5.40. The van der Waals surface area contributed by atoms with Gasteiger partial charge in [0.05, 0.1) is 11.9 Å². The van der Waals surface area contributed by atoms with E-state index in [-0.39, 0.29) is 11.2 Å². The number of rotatable bonds is 1. The molecule has 0 amide bonds. The number of nitrogens with one attached hydrogen (secondary N) is 1. The summed E-state index contributed by atoms with van der Waals surface area (Å²) >= 11 is 0. The van der Waals surface area contributed by atoms with Gasteiger partial charge in [0.25, 0.3) is 0 Å². The van der Waals surface area contributed by atoms with Crippen molar-refractivity contribution in [1.82, 2.24) is 14.9 Å². The SMILES string of the molecule is Fc1cccc(-c2cnc3n2CCC32CCNCC2)c1. The molecule has 1 N–H and O–H groups in total. The molecule has 0 bridgehead atoms. The lowest BCUT2D eigenvalue weighted by atomic mass is 9.77. The van der Waals surface area contributed by atoms with Crippen LogP contribution < -0.4 is 5.32 Å². The van der Waals surface area contributed by atoms with Gasteiger partial charge in [-0.1, -0.05) is 12.1 Å². The molecule has 2 aliphatic heterocycles. The molecule has 0 unspecified atom stereocenters. The van der Waals surface area contributed by atoms with Crippen molar-refractivity contribution in [3.8, 4) is 11.3 Å². The van der Waals surface area contributed by atoms with Crippen LogP contribution >= 0.6 is 0 Å². The standard InChI is InChI=1S/C16H18FN3/c17-13-3-1-2-12(10-13)14-11-19-15-16(6-9-20(14)15)4-7-18-8-5-16/h1-3,10-11,18H,4-9H2. The summed E-state index contributed by atoms with van der Waals surface area (Å²) < 4.78 is 15.7. The fraction of sp³-hybridized carbons (Fsp3) is 0.438. The highest BCUT2D eigenvalue weighted by Gasteiger charge is 2.42. The van der Waals surface area contributed by atoms with Crippen molar-refractivity contribution in [2.24, 2.45) is 0 Å². The van der Waals surface area contributed by atoms with Gasteiger partial charge in [0.2, 0.25) is 0 Å². The Labute approximate surface area is 117 Å². The fourth-order valence-corrected chi connectivity index (χ4v) is 3.72. The van der Waals surface area contributed by atoms with Gasteiger partial charge >= 0.3 is 0 Å². The highest BCUT2D eigenvalue weighted by Crippen LogP contribution is 2.43. The Hall–Kier alpha value is -1.68. The lowest BCUT2D eigenvalue weighted by Gasteiger charge is -2.32. The van der Waals surface area contributed by atoms with Crippen LogP contribution in [0.3, 0.4) is 0 Å². The van der Waals surface area contributed by atoms with Gasteiger partial charge in [-0.25, -0.2) is 9.37 Å². The number of benzene rings is 1. The summed E-state index contributed by atoms with van der Waals surface area (Å²) in [5.74, 6) is 1.02. The van der Waals surface area contributed by atoms with Crippen LogP contribution in [0, 0.1) is 5.82 Å². The number of hydrogen-bond donors (Lipinski definition) is 1. The lowest BCUT2D eigenvalue weighted by molar-refractivity contribution is 0.300. The first kappa shape index (κ1) is 12.1. The molecule has 4 heteroatoms. The van der Waals surface area contributed by atoms with Crippen molar-refractivity contribution >= 4 is 0 Å². The van der Waals surface area contributed by atoms with Gasteiger partial charge in [-0.05, 0) is 44.5 Å². The summed E-state index contributed by atoms with van der Waals surface area (Å²) in [6.45, 7) is 3.14. The van der Waals surface area contributed by atoms with E-state index in [1.54, 1.807) is 12.1 Å². The number of piperidine rings is 1. The number of imidazole rings is 1. The van der Waals surface area contributed by atoms with Crippen LogP contribution in [0.25, 0.3) is 11.3 Å². The van der Waals surface area contributed by atoms with E-state index in [0.717, 1.165) is 43.7 Å². The molecule has 20 heavy (non-hydrogen) atoms. The number of halogens is 1. The molecule has 2 aromatic rings. The van der Waals surface area contributed by atoms with Crippen LogP contribution in [-0.4, -0.2) is 22.6 Å². The quantitative estimate of drug-likeness (QED) is 0.864. The van der Waals surface area contributed by atoms with Crippen molar-refractivity contribution in [2.45, 2.75) is 31.2 Å². The van der Waals surface area contributed by atoms with Gasteiger partial charge < -0.3 is 9.88 Å². The van der Waals surface area contributed by atoms with Crippen LogP contribution in [0.4, 0.5) is 4.39 Å². The van der Waals surface area contributed by atoms with Gasteiger partial charge in [-0.3, -0.25) is 0 Å². The van der Waals surface area contributed by atoms with Crippen LogP contribution in [0.1, 0.15) is 25.1 Å². The molecule has 1 aromatic heterocycles. The first-order valence-electron chi connectivity index (χ1n) is 7.31. The Morgan fingerprint density at radius 3 is 2.85 bits per heavy atom. The van der Waals surface area contributed by atoms with E-state index >= 15 is 0 Å². The molecule has 2 aliphatic rings. The molecule has 4 rings (SSSR count). The zero-order valence-corrected chi connectivity index (χ0v) is 11.4. The average molecular weight is 271 g/mol. The summed E-state index contributed by atoms with van der Waals surface area (Å²) in [5.41, 5.74) is 2.22. The molecule has 3 nitrogen and oxygen atoms in total. The van der Waals surface area contributed by atoms with Crippen molar-refractivity contribution in [1.29, 1.82) is 0 Å². The summed E-state index contributed by atoms with van der Waals surface area (Å²) in [7, 11) is 0. The third-order valence-corrected chi connectivity index (χ3v) is 4.82. The topological polar surface area (TPSA) is 29.9 Å². The normalized spacial score (nSPS) is 20.2. The average Bonchev–Trinajstić information content (AvgIpc) is 3.03. The van der Waals surface area contributed by atoms with E-state index in [4.69, 9.17) is 4.98 Å². The molecule has 3 heterocycles. The minimum Gasteiger partial charge on any atom is -0.328 e. The highest BCUT2D eigenvalue weighted by molar-refractivity contribution is 5.60. The van der Waals surface area contributed by atoms with E-state index in [1.807, 2.05) is 12.3 Å². The maximum absolute atomic E-state index is 13.4. The van der Waals surface area contributed by atoms with Crippen molar-refractivity contribution < 1.29 is 4.39 Å². The molecular formula is C16H18FN3. The van der Waals surface area contributed by atoms with E-state index in [9.17, 15) is 4.39 Å². The minimum absolute atomic E-state index is 0.187. The molecule has 104 valence electrons. The summed E-state index contributed by atoms with van der Waals surface area (Å²) in [4.78, 5) is 4.69. The maximum atomic E-state index is 13.4. The Balaban J connectivity index is 1.77. The zero-order chi connectivity index (χ0) is 13.6. The summed E-state index contributed by atoms with van der Waals surface area (Å²) in [5, 5.41) is 3.43. The largest absolute Gasteiger partial charge is 0.328 e. The summed E-state index contributed by atoms with van der Waals surface area (Å²) in [6, 6.07) is 6.80. The predicted octanol–water partition coefficient (Wildman–Crippen LogP) is 2.71. The Kier molecular flexibility index (Phi) is 2.67. The highest BCUT2D eigenvalue weighted by atomic mass is 19.1. The van der Waals surface area contributed by atoms with E-state index in [2.05, 4.69) is 9.88 Å². The maximum Gasteiger partial charge on any atom is 0.123 e. The Morgan fingerprint density at radius 1 is 1.20 bits per heavy atom. The van der Waals surface area contributed by atoms with Crippen LogP contribution in [0.15, 0.2) is 30.5 Å². The molecule has 1 aromatic carbocycles. The van der Waals surface area contributed by atoms with Gasteiger partial charge in [0.1, 0.15) is 11.6 Å². The second-order valence-corrected chi connectivity index (χ2v) is 5.91. The van der Waals surface area contributed by atoms with E-state index in [0.29, 0.717) is 0 Å². The van der Waals surface area contributed by atoms with Crippen LogP contribution in [-0.2, 0) is 12.0 Å². The smallest absolute Gasteiger partial charge is 0.123 e. The first-order chi connectivity index (χ1) is 9.78. The lowest BCUT2D eigenvalue weighted by Crippen LogP contribution is -2.38. The third-order valence-electron chi connectivity index (χ3n) is 4.82. The second-order valence-electron chi connectivity index (χ2n) is 5.91. The van der Waals surface area contributed by atoms with Crippen LogP contribution in [0.5, 0.6) is 0 Å². The second kappa shape index (κ2) is 4.42. The van der Waals surface area contributed by atoms with E-state index < -0.39 is 0 Å². The van der Waals surface area contributed by atoms with Crippen molar-refractivity contribution in [2.75, 3.05) is 13.1 Å². The molecule has 1 spiro atoms. The molecule has 0 saturated carbocycles. The first-order valence-corrected chi connectivity index (χ1v) is 7.31. The number of aromatic nitrogens is 2. The van der Waals surface area contributed by atoms with Crippen molar-refractivity contribution in [3.63, 3.8) is 0 Å². The third kappa shape index (κ3) is 1.71. The fourth-order valence-electron chi connectivity index (χ4n) is 3.72. The predicted molar refractivity (Wildman–Crippen MR) is 76.0 cm³/mol. The van der Waals surface area contributed by atoms with Gasteiger partial charge in [-0.2, -0.15) is 0 Å². The molecule has 0 atom stereocenters. The monoisotopic (exact) mass is 271 g/mol. The zero-order valence-electron chi connectivity index (χ0n) is 11.4. The molecule has 0 aliphatic carbocycles. The number of fused-ring (bicyclic) bond motifs is 2. The Morgan fingerprint density at radius 2 is 2.05 bits per heavy atom.